The number of rotatable bonds is 3. The first-order chi connectivity index (χ1) is 9.81. The number of amides is 1. The fraction of sp³-hybridized carbons (Fsp3) is 0. The van der Waals surface area contributed by atoms with Crippen molar-refractivity contribution in [2.24, 2.45) is 0 Å². The van der Waals surface area contributed by atoms with Crippen LogP contribution in [0.3, 0.4) is 0 Å². The van der Waals surface area contributed by atoms with Gasteiger partial charge in [-0.25, -0.2) is 22.4 Å². The van der Waals surface area contributed by atoms with Crippen LogP contribution in [0.4, 0.5) is 23.4 Å². The minimum atomic E-state index is -2.13. The predicted octanol–water partition coefficient (Wildman–Crippen LogP) is 1.92. The normalized spacial score (nSPS) is 10.5. The number of hydrogen-bond acceptors (Lipinski definition) is 3. The van der Waals surface area contributed by atoms with Gasteiger partial charge >= 0.3 is 5.97 Å². The maximum Gasteiger partial charge on any atom is 0.353 e. The summed E-state index contributed by atoms with van der Waals surface area (Å²) in [6.45, 7) is 0. The Balaban J connectivity index is 2.30. The Morgan fingerprint density at radius 3 is 2.33 bits per heavy atom. The van der Waals surface area contributed by atoms with Crippen molar-refractivity contribution in [3.63, 3.8) is 0 Å². The van der Waals surface area contributed by atoms with E-state index in [0.29, 0.717) is 0 Å². The second-order valence-corrected chi connectivity index (χ2v) is 3.77. The lowest BCUT2D eigenvalue weighted by atomic mass is 10.1. The molecule has 1 aromatic heterocycles. The molecule has 10 heteroatoms. The number of aromatic amines is 1. The van der Waals surface area contributed by atoms with Crippen LogP contribution >= 0.6 is 0 Å². The topological polar surface area (TPSA) is 95.1 Å². The second-order valence-electron chi connectivity index (χ2n) is 3.77. The fourth-order valence-electron chi connectivity index (χ4n) is 1.42. The number of aromatic carboxylic acids is 1. The van der Waals surface area contributed by atoms with Crippen LogP contribution in [0.2, 0.25) is 0 Å². The molecule has 0 fully saturated rings. The molecule has 3 N–H and O–H groups in total. The molecule has 0 bridgehead atoms. The predicted molar refractivity (Wildman–Crippen MR) is 59.8 cm³/mol. The number of anilines is 1. The van der Waals surface area contributed by atoms with Crippen molar-refractivity contribution in [1.82, 2.24) is 10.2 Å². The number of carbonyl (C=O) groups is 2. The second kappa shape index (κ2) is 5.23. The number of halogens is 4. The maximum atomic E-state index is 13.4. The number of aromatic nitrogens is 2. The zero-order valence-corrected chi connectivity index (χ0v) is 9.88. The monoisotopic (exact) mass is 303 g/mol. The number of H-pyrrole nitrogens is 1. The van der Waals surface area contributed by atoms with E-state index in [9.17, 15) is 27.2 Å². The van der Waals surface area contributed by atoms with E-state index in [1.807, 2.05) is 10.4 Å². The molecule has 0 spiro atoms. The Hall–Kier alpha value is -2.91. The molecule has 0 unspecified atom stereocenters. The average Bonchev–Trinajstić information content (AvgIpc) is 2.89. The Kier molecular flexibility index (Phi) is 3.61. The van der Waals surface area contributed by atoms with Crippen molar-refractivity contribution in [3.8, 4) is 0 Å². The number of nitrogens with one attached hydrogen (secondary N) is 2. The van der Waals surface area contributed by atoms with E-state index in [1.54, 1.807) is 0 Å². The van der Waals surface area contributed by atoms with Gasteiger partial charge in [-0.05, 0) is 6.07 Å². The molecule has 1 heterocycles. The van der Waals surface area contributed by atoms with Gasteiger partial charge in [0.15, 0.2) is 29.1 Å². The average molecular weight is 303 g/mol. The summed E-state index contributed by atoms with van der Waals surface area (Å²) in [5.41, 5.74) is -1.46. The lowest BCUT2D eigenvalue weighted by Gasteiger charge is -2.05. The fourth-order valence-corrected chi connectivity index (χ4v) is 1.42. The third-order valence-electron chi connectivity index (χ3n) is 2.40. The minimum Gasteiger partial charge on any atom is -0.477 e. The molecule has 1 amide bonds. The first-order valence-electron chi connectivity index (χ1n) is 5.24. The van der Waals surface area contributed by atoms with Crippen LogP contribution in [0.25, 0.3) is 0 Å². The molecule has 1 aromatic carbocycles. The van der Waals surface area contributed by atoms with Crippen LogP contribution in [0.5, 0.6) is 0 Å². The molecule has 0 saturated carbocycles. The molecular formula is C11H5F4N3O3. The first kappa shape index (κ1) is 14.5. The van der Waals surface area contributed by atoms with Crippen LogP contribution in [0.1, 0.15) is 20.8 Å². The summed E-state index contributed by atoms with van der Waals surface area (Å²) in [5, 5.41) is 15.9. The van der Waals surface area contributed by atoms with Gasteiger partial charge in [-0.3, -0.25) is 9.89 Å². The third kappa shape index (κ3) is 2.68. The van der Waals surface area contributed by atoms with E-state index in [1.165, 1.54) is 0 Å². The van der Waals surface area contributed by atoms with Gasteiger partial charge < -0.3 is 10.4 Å². The molecule has 0 radical (unpaired) electrons. The lowest BCUT2D eigenvalue weighted by Crippen LogP contribution is -2.16. The standard InChI is InChI=1S/C11H5F4N3O3/c12-4-1-3(7(13)9(15)8(4)14)10(19)16-6-2-5(11(20)21)17-18-6/h1-2H,(H,20,21)(H2,16,17,18,19). The van der Waals surface area contributed by atoms with Crippen molar-refractivity contribution in [1.29, 1.82) is 0 Å². The molecule has 110 valence electrons. The summed E-state index contributed by atoms with van der Waals surface area (Å²) in [6, 6.07) is 1.07. The van der Waals surface area contributed by atoms with Crippen molar-refractivity contribution < 1.29 is 32.3 Å². The van der Waals surface area contributed by atoms with E-state index in [2.05, 4.69) is 5.10 Å². The smallest absolute Gasteiger partial charge is 0.353 e. The minimum absolute atomic E-state index is 0.174. The number of carboxylic acids is 1. The van der Waals surface area contributed by atoms with Crippen molar-refractivity contribution in [3.05, 3.63) is 46.7 Å². The number of carbonyl (C=O) groups excluding carboxylic acids is 1. The van der Waals surface area contributed by atoms with Gasteiger partial charge in [0, 0.05) is 6.07 Å². The van der Waals surface area contributed by atoms with Crippen molar-refractivity contribution in [2.75, 3.05) is 5.32 Å². The SMILES string of the molecule is O=C(O)c1cc(NC(=O)c2cc(F)c(F)c(F)c2F)n[nH]1. The summed E-state index contributed by atoms with van der Waals surface area (Å²) in [5.74, 6) is -10.8. The number of carboxylic acid groups (broad SMARTS) is 1. The zero-order chi connectivity index (χ0) is 15.7. The number of nitrogens with zero attached hydrogens (tertiary/aromatic N) is 1. The zero-order valence-electron chi connectivity index (χ0n) is 9.88. The summed E-state index contributed by atoms with van der Waals surface area (Å²) < 4.78 is 52.1. The van der Waals surface area contributed by atoms with E-state index in [-0.39, 0.29) is 17.6 Å². The largest absolute Gasteiger partial charge is 0.477 e. The van der Waals surface area contributed by atoms with Gasteiger partial charge in [0.05, 0.1) is 5.56 Å². The summed E-state index contributed by atoms with van der Waals surface area (Å²) in [6.07, 6.45) is 0. The molecule has 0 saturated heterocycles. The Morgan fingerprint density at radius 2 is 1.76 bits per heavy atom. The van der Waals surface area contributed by atoms with Gasteiger partial charge in [0.1, 0.15) is 5.69 Å². The number of hydrogen-bond donors (Lipinski definition) is 3. The number of benzene rings is 1. The van der Waals surface area contributed by atoms with Crippen LogP contribution < -0.4 is 5.32 Å². The quantitative estimate of drug-likeness (QED) is 0.458. The van der Waals surface area contributed by atoms with Crippen LogP contribution in [0, 0.1) is 23.3 Å². The lowest BCUT2D eigenvalue weighted by molar-refractivity contribution is 0.0690. The van der Waals surface area contributed by atoms with Gasteiger partial charge in [-0.15, -0.1) is 0 Å². The molecule has 6 nitrogen and oxygen atoms in total. The molecule has 2 aromatic rings. The highest BCUT2D eigenvalue weighted by Gasteiger charge is 2.23. The van der Waals surface area contributed by atoms with E-state index in [4.69, 9.17) is 5.11 Å². The summed E-state index contributed by atoms with van der Waals surface area (Å²) in [4.78, 5) is 22.2. The van der Waals surface area contributed by atoms with Gasteiger partial charge in [-0.2, -0.15) is 5.10 Å². The van der Waals surface area contributed by atoms with Gasteiger partial charge in [-0.1, -0.05) is 0 Å². The molecule has 0 aliphatic carbocycles. The first-order valence-corrected chi connectivity index (χ1v) is 5.24. The summed E-state index contributed by atoms with van der Waals surface area (Å²) >= 11 is 0. The molecular weight excluding hydrogens is 298 g/mol. The molecule has 0 aliphatic heterocycles. The maximum absolute atomic E-state index is 13.4. The van der Waals surface area contributed by atoms with Crippen molar-refractivity contribution in [2.45, 2.75) is 0 Å². The Labute approximate surface area is 113 Å². The van der Waals surface area contributed by atoms with E-state index in [0.717, 1.165) is 6.07 Å². The summed E-state index contributed by atoms with van der Waals surface area (Å²) in [7, 11) is 0. The highest BCUT2D eigenvalue weighted by molar-refractivity contribution is 6.04. The highest BCUT2D eigenvalue weighted by atomic mass is 19.2. The molecule has 0 aliphatic rings. The molecule has 21 heavy (non-hydrogen) atoms. The highest BCUT2D eigenvalue weighted by Crippen LogP contribution is 2.19. The van der Waals surface area contributed by atoms with Gasteiger partial charge in [0.2, 0.25) is 0 Å². The third-order valence-corrected chi connectivity index (χ3v) is 2.40. The molecule has 2 rings (SSSR count). The van der Waals surface area contributed by atoms with Crippen LogP contribution in [0.15, 0.2) is 12.1 Å². The Morgan fingerprint density at radius 1 is 1.10 bits per heavy atom. The van der Waals surface area contributed by atoms with Crippen LogP contribution in [-0.4, -0.2) is 27.2 Å². The van der Waals surface area contributed by atoms with Crippen LogP contribution in [-0.2, 0) is 0 Å². The Bertz CT molecular complexity index is 745. The van der Waals surface area contributed by atoms with E-state index < -0.39 is 40.7 Å². The molecule has 0 atom stereocenters. The van der Waals surface area contributed by atoms with Crippen molar-refractivity contribution >= 4 is 17.7 Å². The van der Waals surface area contributed by atoms with E-state index >= 15 is 0 Å². The van der Waals surface area contributed by atoms with Gasteiger partial charge in [0.25, 0.3) is 5.91 Å².